The van der Waals surface area contributed by atoms with Crippen LogP contribution in [0.3, 0.4) is 0 Å². The van der Waals surface area contributed by atoms with Crippen molar-refractivity contribution in [2.75, 3.05) is 6.79 Å². The Balaban J connectivity index is 1.66. The quantitative estimate of drug-likeness (QED) is 0.689. The van der Waals surface area contributed by atoms with E-state index in [0.29, 0.717) is 27.1 Å². The molecule has 0 atom stereocenters. The summed E-state index contributed by atoms with van der Waals surface area (Å²) in [4.78, 5) is 12.0. The van der Waals surface area contributed by atoms with Gasteiger partial charge in [0.2, 0.25) is 6.79 Å². The lowest BCUT2D eigenvalue weighted by Crippen LogP contribution is -2.17. The predicted octanol–water partition coefficient (Wildman–Crippen LogP) is 3.49. The van der Waals surface area contributed by atoms with Crippen LogP contribution in [0.25, 0.3) is 0 Å². The van der Waals surface area contributed by atoms with Crippen LogP contribution in [0, 0.1) is 0 Å². The number of fused-ring (bicyclic) bond motifs is 1. The second kappa shape index (κ2) is 6.25. The molecule has 0 unspecified atom stereocenters. The summed E-state index contributed by atoms with van der Waals surface area (Å²) in [6.07, 6.45) is 1.48. The molecule has 0 radical (unpaired) electrons. The van der Waals surface area contributed by atoms with Crippen LogP contribution >= 0.6 is 23.2 Å². The van der Waals surface area contributed by atoms with E-state index in [2.05, 4.69) is 10.5 Å². The van der Waals surface area contributed by atoms with Gasteiger partial charge in [-0.05, 0) is 35.9 Å². The first kappa shape index (κ1) is 14.7. The fourth-order valence-electron chi connectivity index (χ4n) is 1.86. The maximum Gasteiger partial charge on any atom is 0.271 e. The van der Waals surface area contributed by atoms with E-state index in [4.69, 9.17) is 32.7 Å². The molecule has 1 aliphatic rings. The molecule has 2 aromatic rings. The third-order valence-corrected chi connectivity index (χ3v) is 3.70. The molecule has 22 heavy (non-hydrogen) atoms. The third-order valence-electron chi connectivity index (χ3n) is 2.96. The van der Waals surface area contributed by atoms with Crippen molar-refractivity contribution < 1.29 is 14.3 Å². The summed E-state index contributed by atoms with van der Waals surface area (Å²) in [6.45, 7) is 0.163. The molecule has 1 aliphatic heterocycles. The number of rotatable bonds is 3. The molecule has 0 aliphatic carbocycles. The van der Waals surface area contributed by atoms with Crippen LogP contribution < -0.4 is 14.9 Å². The van der Waals surface area contributed by atoms with Gasteiger partial charge in [0.25, 0.3) is 5.91 Å². The highest BCUT2D eigenvalue weighted by atomic mass is 35.5. The lowest BCUT2D eigenvalue weighted by atomic mass is 10.2. The first-order valence-corrected chi connectivity index (χ1v) is 7.07. The first-order chi connectivity index (χ1) is 10.6. The van der Waals surface area contributed by atoms with Gasteiger partial charge in [-0.3, -0.25) is 4.79 Å². The number of halogens is 2. The maximum absolute atomic E-state index is 12.0. The zero-order chi connectivity index (χ0) is 15.5. The predicted molar refractivity (Wildman–Crippen MR) is 84.1 cm³/mol. The van der Waals surface area contributed by atoms with E-state index in [9.17, 15) is 4.79 Å². The number of hydrazone groups is 1. The number of nitrogens with zero attached hydrogens (tertiary/aromatic N) is 1. The minimum atomic E-state index is -0.352. The van der Waals surface area contributed by atoms with Gasteiger partial charge in [0, 0.05) is 5.56 Å². The largest absolute Gasteiger partial charge is 0.454 e. The van der Waals surface area contributed by atoms with Crippen molar-refractivity contribution >= 4 is 35.3 Å². The molecule has 0 bridgehead atoms. The number of carbonyl (C=O) groups is 1. The highest BCUT2D eigenvalue weighted by Crippen LogP contribution is 2.32. The fraction of sp³-hybridized carbons (Fsp3) is 0.0667. The van der Waals surface area contributed by atoms with Gasteiger partial charge in [-0.15, -0.1) is 0 Å². The number of ether oxygens (including phenoxy) is 2. The summed E-state index contributed by atoms with van der Waals surface area (Å²) in [5.41, 5.74) is 3.58. The first-order valence-electron chi connectivity index (χ1n) is 6.31. The smallest absolute Gasteiger partial charge is 0.271 e. The van der Waals surface area contributed by atoms with E-state index in [1.807, 2.05) is 0 Å². The van der Waals surface area contributed by atoms with E-state index in [1.54, 1.807) is 36.4 Å². The number of nitrogens with one attached hydrogen (secondary N) is 1. The summed E-state index contributed by atoms with van der Waals surface area (Å²) in [5.74, 6) is 0.812. The lowest BCUT2D eigenvalue weighted by Gasteiger charge is -2.02. The second-order valence-corrected chi connectivity index (χ2v) is 5.26. The number of amides is 1. The Kier molecular flexibility index (Phi) is 4.18. The Morgan fingerprint density at radius 2 is 1.91 bits per heavy atom. The van der Waals surface area contributed by atoms with E-state index in [1.165, 1.54) is 6.21 Å². The van der Waals surface area contributed by atoms with Gasteiger partial charge in [0.1, 0.15) is 0 Å². The Morgan fingerprint density at radius 1 is 1.09 bits per heavy atom. The van der Waals surface area contributed by atoms with Crippen molar-refractivity contribution in [3.8, 4) is 11.5 Å². The molecule has 2 aromatic carbocycles. The van der Waals surface area contributed by atoms with E-state index in [-0.39, 0.29) is 12.7 Å². The van der Waals surface area contributed by atoms with E-state index < -0.39 is 0 Å². The fourth-order valence-corrected chi connectivity index (χ4v) is 2.17. The number of hydrogen-bond acceptors (Lipinski definition) is 4. The molecular formula is C15H10Cl2N2O3. The highest BCUT2D eigenvalue weighted by Gasteiger charge is 2.15. The van der Waals surface area contributed by atoms with Crippen molar-refractivity contribution in [1.82, 2.24) is 5.43 Å². The summed E-state index contributed by atoms with van der Waals surface area (Å²) in [6, 6.07) is 9.97. The highest BCUT2D eigenvalue weighted by molar-refractivity contribution is 6.42. The monoisotopic (exact) mass is 336 g/mol. The molecule has 1 N–H and O–H groups in total. The van der Waals surface area contributed by atoms with Crippen molar-refractivity contribution in [1.29, 1.82) is 0 Å². The maximum atomic E-state index is 12.0. The topological polar surface area (TPSA) is 59.9 Å². The van der Waals surface area contributed by atoms with Gasteiger partial charge in [0.15, 0.2) is 11.5 Å². The molecule has 0 spiro atoms. The summed E-state index contributed by atoms with van der Waals surface area (Å²) >= 11 is 11.7. The molecule has 0 fully saturated rings. The normalized spacial score (nSPS) is 12.6. The molecule has 3 rings (SSSR count). The Morgan fingerprint density at radius 3 is 2.73 bits per heavy atom. The molecule has 0 saturated carbocycles. The second-order valence-electron chi connectivity index (χ2n) is 4.44. The van der Waals surface area contributed by atoms with Crippen LogP contribution in [0.4, 0.5) is 0 Å². The number of carbonyl (C=O) groups excluding carboxylic acids is 1. The zero-order valence-electron chi connectivity index (χ0n) is 11.2. The lowest BCUT2D eigenvalue weighted by molar-refractivity contribution is 0.0954. The van der Waals surface area contributed by atoms with Gasteiger partial charge >= 0.3 is 0 Å². The van der Waals surface area contributed by atoms with Crippen LogP contribution in [-0.4, -0.2) is 18.9 Å². The molecule has 1 amide bonds. The minimum absolute atomic E-state index is 0.163. The van der Waals surface area contributed by atoms with Crippen LogP contribution in [-0.2, 0) is 0 Å². The molecule has 0 saturated heterocycles. The van der Waals surface area contributed by atoms with Crippen molar-refractivity contribution in [2.24, 2.45) is 5.10 Å². The van der Waals surface area contributed by atoms with Crippen LogP contribution in [0.2, 0.25) is 10.0 Å². The van der Waals surface area contributed by atoms with Crippen molar-refractivity contribution in [3.63, 3.8) is 0 Å². The third kappa shape index (κ3) is 3.16. The van der Waals surface area contributed by atoms with Crippen LogP contribution in [0.1, 0.15) is 15.9 Å². The van der Waals surface area contributed by atoms with Gasteiger partial charge in [-0.25, -0.2) is 5.43 Å². The standard InChI is InChI=1S/C15H10Cl2N2O3/c16-11-3-1-9(5-12(11)17)7-18-19-15(20)10-2-4-13-14(6-10)22-8-21-13/h1-7H,8H2,(H,19,20)/b18-7+. The average molecular weight is 337 g/mol. The van der Waals surface area contributed by atoms with Crippen LogP contribution in [0.15, 0.2) is 41.5 Å². The molecule has 7 heteroatoms. The molecular weight excluding hydrogens is 327 g/mol. The van der Waals surface area contributed by atoms with Gasteiger partial charge < -0.3 is 9.47 Å². The number of benzene rings is 2. The molecule has 0 aromatic heterocycles. The van der Waals surface area contributed by atoms with Gasteiger partial charge in [-0.2, -0.15) is 5.10 Å². The van der Waals surface area contributed by atoms with E-state index >= 15 is 0 Å². The summed E-state index contributed by atoms with van der Waals surface area (Å²) in [5, 5.41) is 4.77. The Labute approximate surface area is 136 Å². The number of hydrogen-bond donors (Lipinski definition) is 1. The average Bonchev–Trinajstić information content (AvgIpc) is 2.98. The molecule has 1 heterocycles. The van der Waals surface area contributed by atoms with Gasteiger partial charge in [-0.1, -0.05) is 29.3 Å². The Bertz CT molecular complexity index is 762. The van der Waals surface area contributed by atoms with E-state index in [0.717, 1.165) is 5.56 Å². The minimum Gasteiger partial charge on any atom is -0.454 e. The molecule has 112 valence electrons. The summed E-state index contributed by atoms with van der Waals surface area (Å²) in [7, 11) is 0. The van der Waals surface area contributed by atoms with Crippen LogP contribution in [0.5, 0.6) is 11.5 Å². The van der Waals surface area contributed by atoms with Crippen molar-refractivity contribution in [2.45, 2.75) is 0 Å². The molecule has 5 nitrogen and oxygen atoms in total. The Hall–Kier alpha value is -2.24. The SMILES string of the molecule is O=C(N/N=C/c1ccc(Cl)c(Cl)c1)c1ccc2c(c1)OCO2. The van der Waals surface area contributed by atoms with Gasteiger partial charge in [0.05, 0.1) is 16.3 Å². The zero-order valence-corrected chi connectivity index (χ0v) is 12.7. The summed E-state index contributed by atoms with van der Waals surface area (Å²) < 4.78 is 10.4. The van der Waals surface area contributed by atoms with Crippen molar-refractivity contribution in [3.05, 3.63) is 57.6 Å².